The first kappa shape index (κ1) is 20.6. The zero-order valence-corrected chi connectivity index (χ0v) is 17.8. The van der Waals surface area contributed by atoms with Crippen molar-refractivity contribution in [3.8, 4) is 5.75 Å². The van der Waals surface area contributed by atoms with E-state index in [1.165, 1.54) is 18.3 Å². The molecule has 0 aliphatic heterocycles. The van der Waals surface area contributed by atoms with Crippen LogP contribution in [0.2, 0.25) is 0 Å². The van der Waals surface area contributed by atoms with Crippen molar-refractivity contribution in [1.29, 1.82) is 0 Å². The van der Waals surface area contributed by atoms with Gasteiger partial charge >= 0.3 is 0 Å². The largest absolute Gasteiger partial charge is 0.497 e. The molecule has 1 atom stereocenters. The maximum Gasteiger partial charge on any atom is 0.263 e. The van der Waals surface area contributed by atoms with Gasteiger partial charge in [0.05, 0.1) is 24.9 Å². The van der Waals surface area contributed by atoms with Crippen LogP contribution in [-0.2, 0) is 5.54 Å². The quantitative estimate of drug-likeness (QED) is 0.504. The summed E-state index contributed by atoms with van der Waals surface area (Å²) in [5, 5.41) is 8.06. The van der Waals surface area contributed by atoms with Gasteiger partial charge in [-0.3, -0.25) is 9.78 Å². The molecular formula is C23H24FN5O2. The van der Waals surface area contributed by atoms with Crippen LogP contribution < -0.4 is 15.6 Å². The summed E-state index contributed by atoms with van der Waals surface area (Å²) in [6.45, 7) is 5.98. The zero-order chi connectivity index (χ0) is 22.2. The Morgan fingerprint density at radius 1 is 1.06 bits per heavy atom. The van der Waals surface area contributed by atoms with Gasteiger partial charge in [0, 0.05) is 0 Å². The minimum Gasteiger partial charge on any atom is -0.497 e. The maximum atomic E-state index is 13.5. The zero-order valence-electron chi connectivity index (χ0n) is 17.8. The van der Waals surface area contributed by atoms with E-state index in [1.54, 1.807) is 23.9 Å². The summed E-state index contributed by atoms with van der Waals surface area (Å²) in [4.78, 5) is 20.1. The molecule has 31 heavy (non-hydrogen) atoms. The first-order chi connectivity index (χ1) is 14.8. The van der Waals surface area contributed by atoms with E-state index >= 15 is 0 Å². The van der Waals surface area contributed by atoms with E-state index in [4.69, 9.17) is 4.74 Å². The summed E-state index contributed by atoms with van der Waals surface area (Å²) in [5.74, 6) is 0.705. The molecule has 4 rings (SSSR count). The van der Waals surface area contributed by atoms with Crippen LogP contribution in [0.1, 0.15) is 37.9 Å². The van der Waals surface area contributed by atoms with Gasteiger partial charge in [0.1, 0.15) is 17.0 Å². The fourth-order valence-electron chi connectivity index (χ4n) is 3.43. The molecule has 8 heteroatoms. The number of aromatic amines is 1. The molecule has 0 amide bonds. The van der Waals surface area contributed by atoms with Crippen LogP contribution in [0, 0.1) is 5.82 Å². The van der Waals surface area contributed by atoms with Gasteiger partial charge < -0.3 is 10.1 Å². The molecule has 160 valence electrons. The Bertz CT molecular complexity index is 1250. The highest BCUT2D eigenvalue weighted by Crippen LogP contribution is 2.28. The third-order valence-electron chi connectivity index (χ3n) is 5.01. The predicted molar refractivity (Wildman–Crippen MR) is 118 cm³/mol. The molecule has 0 aliphatic rings. The van der Waals surface area contributed by atoms with Crippen LogP contribution in [0.3, 0.4) is 0 Å². The van der Waals surface area contributed by atoms with Crippen LogP contribution in [0.5, 0.6) is 5.75 Å². The van der Waals surface area contributed by atoms with Gasteiger partial charge in [0.15, 0.2) is 5.65 Å². The van der Waals surface area contributed by atoms with Crippen molar-refractivity contribution in [1.82, 2.24) is 19.7 Å². The summed E-state index contributed by atoms with van der Waals surface area (Å²) >= 11 is 0. The highest BCUT2D eigenvalue weighted by Gasteiger charge is 2.21. The van der Waals surface area contributed by atoms with Crippen LogP contribution in [0.4, 0.5) is 10.3 Å². The number of nitrogens with one attached hydrogen (secondary N) is 2. The molecule has 2 heterocycles. The van der Waals surface area contributed by atoms with Crippen molar-refractivity contribution in [2.24, 2.45) is 0 Å². The van der Waals surface area contributed by atoms with E-state index in [2.05, 4.69) is 20.4 Å². The average molecular weight is 421 g/mol. The molecule has 0 aliphatic carbocycles. The van der Waals surface area contributed by atoms with Crippen LogP contribution in [0.15, 0.2) is 59.5 Å². The summed E-state index contributed by atoms with van der Waals surface area (Å²) in [6, 6.07) is 13.4. The number of hydrogen-bond acceptors (Lipinski definition) is 5. The molecule has 0 saturated heterocycles. The van der Waals surface area contributed by atoms with Crippen molar-refractivity contribution in [2.45, 2.75) is 32.4 Å². The highest BCUT2D eigenvalue weighted by molar-refractivity contribution is 5.74. The number of halogens is 1. The third-order valence-corrected chi connectivity index (χ3v) is 5.01. The minimum absolute atomic E-state index is 0.282. The lowest BCUT2D eigenvalue weighted by atomic mass is 9.98. The topological polar surface area (TPSA) is 84.8 Å². The Balaban J connectivity index is 1.80. The van der Waals surface area contributed by atoms with E-state index in [1.807, 2.05) is 45.0 Å². The fraction of sp³-hybridized carbons (Fsp3) is 0.261. The molecule has 0 spiro atoms. The summed E-state index contributed by atoms with van der Waals surface area (Å²) in [6.07, 6.45) is 1.52. The Morgan fingerprint density at radius 3 is 2.26 bits per heavy atom. The lowest BCUT2D eigenvalue weighted by Crippen LogP contribution is -2.24. The van der Waals surface area contributed by atoms with Crippen LogP contribution >= 0.6 is 0 Å². The lowest BCUT2D eigenvalue weighted by molar-refractivity contribution is 0.366. The number of H-pyrrole nitrogens is 1. The normalized spacial score (nSPS) is 12.7. The monoisotopic (exact) mass is 421 g/mol. The molecule has 2 aromatic heterocycles. The number of anilines is 1. The molecule has 0 saturated carbocycles. The number of aromatic nitrogens is 4. The second-order valence-electron chi connectivity index (χ2n) is 8.28. The lowest BCUT2D eigenvalue weighted by Gasteiger charge is -2.22. The Kier molecular flexibility index (Phi) is 5.22. The van der Waals surface area contributed by atoms with E-state index < -0.39 is 0 Å². The average Bonchev–Trinajstić information content (AvgIpc) is 3.18. The predicted octanol–water partition coefficient (Wildman–Crippen LogP) is 4.22. The van der Waals surface area contributed by atoms with Gasteiger partial charge in [0.2, 0.25) is 5.95 Å². The summed E-state index contributed by atoms with van der Waals surface area (Å²) < 4.78 is 20.5. The van der Waals surface area contributed by atoms with E-state index in [-0.39, 0.29) is 23.0 Å². The van der Waals surface area contributed by atoms with Crippen molar-refractivity contribution in [2.75, 3.05) is 12.4 Å². The molecule has 0 fully saturated rings. The van der Waals surface area contributed by atoms with Crippen molar-refractivity contribution in [3.63, 3.8) is 0 Å². The third kappa shape index (κ3) is 4.14. The number of rotatable bonds is 5. The van der Waals surface area contributed by atoms with E-state index in [9.17, 15) is 9.18 Å². The molecule has 2 aromatic carbocycles. The first-order valence-corrected chi connectivity index (χ1v) is 9.91. The summed E-state index contributed by atoms with van der Waals surface area (Å²) in [5.41, 5.74) is 1.59. The van der Waals surface area contributed by atoms with Gasteiger partial charge in [-0.05, 0) is 56.2 Å². The number of nitrogens with zero attached hydrogens (tertiary/aromatic N) is 3. The maximum absolute atomic E-state index is 13.5. The SMILES string of the molecule is COc1ccc(C(Nc2nc3c(cnn3C(C)(C)C)c(=O)[nH]2)c2ccc(F)cc2)cc1. The molecule has 4 aromatic rings. The molecule has 7 nitrogen and oxygen atoms in total. The van der Waals surface area contributed by atoms with Gasteiger partial charge in [-0.1, -0.05) is 24.3 Å². The number of hydrogen-bond donors (Lipinski definition) is 2. The molecule has 0 radical (unpaired) electrons. The Labute approximate surface area is 178 Å². The van der Waals surface area contributed by atoms with Crippen molar-refractivity contribution in [3.05, 3.63) is 82.0 Å². The van der Waals surface area contributed by atoms with Crippen LogP contribution in [-0.4, -0.2) is 26.9 Å². The van der Waals surface area contributed by atoms with E-state index in [0.29, 0.717) is 17.0 Å². The Morgan fingerprint density at radius 2 is 1.68 bits per heavy atom. The van der Waals surface area contributed by atoms with Crippen molar-refractivity contribution >= 4 is 17.0 Å². The molecule has 0 bridgehead atoms. The molecular weight excluding hydrogens is 397 g/mol. The number of ether oxygens (including phenoxy) is 1. The van der Waals surface area contributed by atoms with Crippen molar-refractivity contribution < 1.29 is 9.13 Å². The highest BCUT2D eigenvalue weighted by atomic mass is 19.1. The van der Waals surface area contributed by atoms with Gasteiger partial charge in [0.25, 0.3) is 5.56 Å². The summed E-state index contributed by atoms with van der Waals surface area (Å²) in [7, 11) is 1.60. The van der Waals surface area contributed by atoms with Gasteiger partial charge in [-0.25, -0.2) is 9.07 Å². The number of benzene rings is 2. The minimum atomic E-state index is -0.377. The molecule has 1 unspecified atom stereocenters. The van der Waals surface area contributed by atoms with E-state index in [0.717, 1.165) is 16.9 Å². The fourth-order valence-corrected chi connectivity index (χ4v) is 3.43. The van der Waals surface area contributed by atoms with Gasteiger partial charge in [-0.15, -0.1) is 0 Å². The smallest absolute Gasteiger partial charge is 0.263 e. The first-order valence-electron chi connectivity index (χ1n) is 9.91. The second-order valence-corrected chi connectivity index (χ2v) is 8.28. The molecule has 2 N–H and O–H groups in total. The Hall–Kier alpha value is -3.68. The van der Waals surface area contributed by atoms with Gasteiger partial charge in [-0.2, -0.15) is 10.1 Å². The van der Waals surface area contributed by atoms with Crippen LogP contribution in [0.25, 0.3) is 11.0 Å². The standard InChI is InChI=1S/C23H24FN5O2/c1-23(2,3)29-20-18(13-25-29)21(30)28-22(27-20)26-19(14-5-9-16(24)10-6-14)15-7-11-17(31-4)12-8-15/h5-13,19H,1-4H3,(H2,26,27,28,30). The second kappa shape index (κ2) is 7.86. The number of fused-ring (bicyclic) bond motifs is 1. The number of methoxy groups -OCH3 is 1.